The fourth-order valence-electron chi connectivity index (χ4n) is 2.18. The van der Waals surface area contributed by atoms with Crippen LogP contribution in [-0.2, 0) is 19.6 Å². The number of aryl methyl sites for hydroxylation is 1. The number of anilines is 1. The third-order valence-corrected chi connectivity index (χ3v) is 4.59. The van der Waals surface area contributed by atoms with Gasteiger partial charge in [-0.05, 0) is 39.3 Å². The average molecular weight is 342 g/mol. The second kappa shape index (κ2) is 8.88. The Kier molecular flexibility index (Phi) is 7.51. The number of sulfonamides is 1. The van der Waals surface area contributed by atoms with Crippen LogP contribution in [0.15, 0.2) is 24.3 Å². The molecule has 7 heteroatoms. The number of amides is 1. The molecule has 0 spiro atoms. The maximum atomic E-state index is 12.2. The highest BCUT2D eigenvalue weighted by Gasteiger charge is 2.28. The summed E-state index contributed by atoms with van der Waals surface area (Å²) in [4.78, 5) is 12.2. The average Bonchev–Trinajstić information content (AvgIpc) is 2.47. The lowest BCUT2D eigenvalue weighted by molar-refractivity contribution is -0.121. The predicted molar refractivity (Wildman–Crippen MR) is 92.1 cm³/mol. The number of nitrogens with zero attached hydrogens (tertiary/aromatic N) is 1. The van der Waals surface area contributed by atoms with Crippen LogP contribution in [0, 0.1) is 6.92 Å². The molecule has 23 heavy (non-hydrogen) atoms. The predicted octanol–water partition coefficient (Wildman–Crippen LogP) is 1.69. The van der Waals surface area contributed by atoms with Gasteiger partial charge in [0.05, 0.1) is 11.9 Å². The van der Waals surface area contributed by atoms with Crippen LogP contribution in [0.2, 0.25) is 0 Å². The first-order valence-corrected chi connectivity index (χ1v) is 9.53. The molecule has 0 aliphatic rings. The lowest BCUT2D eigenvalue weighted by atomic mass is 10.2. The Morgan fingerprint density at radius 2 is 1.91 bits per heavy atom. The second-order valence-corrected chi connectivity index (χ2v) is 7.27. The van der Waals surface area contributed by atoms with Crippen LogP contribution in [0.4, 0.5) is 5.69 Å². The summed E-state index contributed by atoms with van der Waals surface area (Å²) in [5.41, 5.74) is 1.50. The van der Waals surface area contributed by atoms with Crippen LogP contribution in [0.25, 0.3) is 0 Å². The van der Waals surface area contributed by atoms with E-state index in [-0.39, 0.29) is 5.91 Å². The van der Waals surface area contributed by atoms with E-state index >= 15 is 0 Å². The van der Waals surface area contributed by atoms with Crippen LogP contribution in [0.3, 0.4) is 0 Å². The Morgan fingerprint density at radius 3 is 2.43 bits per heavy atom. The van der Waals surface area contributed by atoms with E-state index in [9.17, 15) is 13.2 Å². The topological polar surface area (TPSA) is 75.7 Å². The quantitative estimate of drug-likeness (QED) is 0.693. The first kappa shape index (κ1) is 19.4. The zero-order valence-electron chi connectivity index (χ0n) is 14.2. The van der Waals surface area contributed by atoms with E-state index in [1.54, 1.807) is 19.1 Å². The number of benzene rings is 1. The molecule has 0 aliphatic carbocycles. The number of rotatable bonds is 9. The lowest BCUT2D eigenvalue weighted by Crippen LogP contribution is -2.48. The molecular weight excluding hydrogens is 316 g/mol. The number of nitrogens with one attached hydrogen (secondary N) is 1. The zero-order chi connectivity index (χ0) is 17.5. The largest absolute Gasteiger partial charge is 0.382 e. The Hall–Kier alpha value is -1.60. The summed E-state index contributed by atoms with van der Waals surface area (Å²) in [6.07, 6.45) is 1.79. The molecule has 0 unspecified atom stereocenters. The third-order valence-electron chi connectivity index (χ3n) is 3.35. The first-order chi connectivity index (χ1) is 10.8. The van der Waals surface area contributed by atoms with Crippen molar-refractivity contribution in [3.63, 3.8) is 0 Å². The van der Waals surface area contributed by atoms with Gasteiger partial charge >= 0.3 is 0 Å². The van der Waals surface area contributed by atoms with Crippen molar-refractivity contribution in [2.75, 3.05) is 30.3 Å². The van der Waals surface area contributed by atoms with Crippen molar-refractivity contribution < 1.29 is 17.9 Å². The Labute approximate surface area is 138 Å². The molecule has 1 rings (SSSR count). The third kappa shape index (κ3) is 6.19. The number of hydrogen-bond acceptors (Lipinski definition) is 4. The van der Waals surface area contributed by atoms with Gasteiger partial charge in [-0.2, -0.15) is 0 Å². The van der Waals surface area contributed by atoms with Crippen LogP contribution in [0.1, 0.15) is 25.8 Å². The van der Waals surface area contributed by atoms with E-state index < -0.39 is 16.1 Å². The first-order valence-electron chi connectivity index (χ1n) is 7.69. The van der Waals surface area contributed by atoms with Crippen molar-refractivity contribution in [2.45, 2.75) is 33.2 Å². The molecule has 0 saturated heterocycles. The van der Waals surface area contributed by atoms with Gasteiger partial charge in [-0.25, -0.2) is 8.42 Å². The van der Waals surface area contributed by atoms with Crippen molar-refractivity contribution >= 4 is 21.6 Å². The van der Waals surface area contributed by atoms with Gasteiger partial charge in [-0.1, -0.05) is 17.7 Å². The smallest absolute Gasteiger partial charge is 0.243 e. The van der Waals surface area contributed by atoms with Crippen LogP contribution in [0.5, 0.6) is 0 Å². The molecule has 0 aromatic heterocycles. The summed E-state index contributed by atoms with van der Waals surface area (Å²) in [5.74, 6) is -0.326. The monoisotopic (exact) mass is 342 g/mol. The molecule has 0 bridgehead atoms. The summed E-state index contributed by atoms with van der Waals surface area (Å²) < 4.78 is 30.6. The van der Waals surface area contributed by atoms with Crippen LogP contribution in [-0.4, -0.2) is 46.4 Å². The standard InChI is InChI=1S/C16H26N2O4S/c1-5-22-12-6-11-17-16(19)14(3)18(23(4,20)21)15-9-7-13(2)8-10-15/h7-10,14H,5-6,11-12H2,1-4H3,(H,17,19)/t14-/m0/s1. The van der Waals surface area contributed by atoms with Gasteiger partial charge in [0, 0.05) is 19.8 Å². The molecule has 1 aromatic carbocycles. The SMILES string of the molecule is CCOCCCNC(=O)[C@H](C)N(c1ccc(C)cc1)S(C)(=O)=O. The summed E-state index contributed by atoms with van der Waals surface area (Å²) in [6, 6.07) is 6.23. The minimum atomic E-state index is -3.57. The van der Waals surface area contributed by atoms with Gasteiger partial charge in [0.1, 0.15) is 6.04 Å². The van der Waals surface area contributed by atoms with E-state index in [0.29, 0.717) is 31.9 Å². The van der Waals surface area contributed by atoms with E-state index in [1.165, 1.54) is 0 Å². The fraction of sp³-hybridized carbons (Fsp3) is 0.562. The maximum Gasteiger partial charge on any atom is 0.243 e. The number of carbonyl (C=O) groups excluding carboxylic acids is 1. The number of hydrogen-bond donors (Lipinski definition) is 1. The molecule has 1 aromatic rings. The molecule has 130 valence electrons. The molecule has 0 fully saturated rings. The van der Waals surface area contributed by atoms with Crippen molar-refractivity contribution in [1.29, 1.82) is 0 Å². The minimum Gasteiger partial charge on any atom is -0.382 e. The Balaban J connectivity index is 2.79. The zero-order valence-corrected chi connectivity index (χ0v) is 15.0. The highest BCUT2D eigenvalue weighted by molar-refractivity contribution is 7.92. The molecule has 1 amide bonds. The fourth-order valence-corrected chi connectivity index (χ4v) is 3.35. The number of carbonyl (C=O) groups is 1. The molecule has 0 radical (unpaired) electrons. The molecule has 1 atom stereocenters. The summed E-state index contributed by atoms with van der Waals surface area (Å²) in [6.45, 7) is 7.07. The van der Waals surface area contributed by atoms with Crippen molar-refractivity contribution in [3.8, 4) is 0 Å². The minimum absolute atomic E-state index is 0.326. The van der Waals surface area contributed by atoms with Gasteiger partial charge in [-0.15, -0.1) is 0 Å². The Morgan fingerprint density at radius 1 is 1.30 bits per heavy atom. The highest BCUT2D eigenvalue weighted by Crippen LogP contribution is 2.21. The van der Waals surface area contributed by atoms with Gasteiger partial charge in [0.15, 0.2) is 0 Å². The molecule has 0 heterocycles. The maximum absolute atomic E-state index is 12.2. The summed E-state index contributed by atoms with van der Waals surface area (Å²) >= 11 is 0. The lowest BCUT2D eigenvalue weighted by Gasteiger charge is -2.28. The molecular formula is C16H26N2O4S. The van der Waals surface area contributed by atoms with Gasteiger partial charge in [-0.3, -0.25) is 9.10 Å². The van der Waals surface area contributed by atoms with E-state index in [4.69, 9.17) is 4.74 Å². The van der Waals surface area contributed by atoms with Crippen LogP contribution >= 0.6 is 0 Å². The van der Waals surface area contributed by atoms with Gasteiger partial charge in [0.2, 0.25) is 15.9 Å². The second-order valence-electron chi connectivity index (χ2n) is 5.41. The summed E-state index contributed by atoms with van der Waals surface area (Å²) in [5, 5.41) is 2.75. The van der Waals surface area contributed by atoms with E-state index in [1.807, 2.05) is 26.0 Å². The number of ether oxygens (including phenoxy) is 1. The molecule has 6 nitrogen and oxygen atoms in total. The van der Waals surface area contributed by atoms with Crippen molar-refractivity contribution in [2.24, 2.45) is 0 Å². The van der Waals surface area contributed by atoms with E-state index in [0.717, 1.165) is 16.1 Å². The highest BCUT2D eigenvalue weighted by atomic mass is 32.2. The van der Waals surface area contributed by atoms with Crippen molar-refractivity contribution in [1.82, 2.24) is 5.32 Å². The van der Waals surface area contributed by atoms with Gasteiger partial charge < -0.3 is 10.1 Å². The molecule has 1 N–H and O–H groups in total. The van der Waals surface area contributed by atoms with Crippen LogP contribution < -0.4 is 9.62 Å². The van der Waals surface area contributed by atoms with E-state index in [2.05, 4.69) is 5.32 Å². The van der Waals surface area contributed by atoms with Gasteiger partial charge in [0.25, 0.3) is 0 Å². The summed E-state index contributed by atoms with van der Waals surface area (Å²) in [7, 11) is -3.57. The molecule has 0 saturated carbocycles. The van der Waals surface area contributed by atoms with Crippen molar-refractivity contribution in [3.05, 3.63) is 29.8 Å². The molecule has 0 aliphatic heterocycles. The normalized spacial score (nSPS) is 12.7. The Bertz CT molecular complexity index is 599.